The summed E-state index contributed by atoms with van der Waals surface area (Å²) in [6.07, 6.45) is 4.56. The number of hydrogen-bond donors (Lipinski definition) is 1. The number of carbonyl (C=O) groups excluding carboxylic acids is 1. The molecule has 2 rings (SSSR count). The van der Waals surface area contributed by atoms with Gasteiger partial charge in [0.05, 0.1) is 0 Å². The molecular formula is C19H30N2O. The Hall–Kier alpha value is -1.35. The molecule has 0 saturated carbocycles. The van der Waals surface area contributed by atoms with Crippen molar-refractivity contribution >= 4 is 5.91 Å². The topological polar surface area (TPSA) is 32.3 Å². The van der Waals surface area contributed by atoms with E-state index < -0.39 is 0 Å². The molecule has 1 aliphatic rings. The predicted molar refractivity (Wildman–Crippen MR) is 92.0 cm³/mol. The van der Waals surface area contributed by atoms with Crippen LogP contribution in [-0.2, 0) is 6.54 Å². The van der Waals surface area contributed by atoms with E-state index in [4.69, 9.17) is 0 Å². The molecular weight excluding hydrogens is 272 g/mol. The molecule has 22 heavy (non-hydrogen) atoms. The summed E-state index contributed by atoms with van der Waals surface area (Å²) in [4.78, 5) is 14.7. The van der Waals surface area contributed by atoms with Crippen molar-refractivity contribution in [2.24, 2.45) is 5.92 Å². The highest BCUT2D eigenvalue weighted by atomic mass is 16.1. The van der Waals surface area contributed by atoms with Gasteiger partial charge in [-0.2, -0.15) is 0 Å². The van der Waals surface area contributed by atoms with E-state index in [-0.39, 0.29) is 11.9 Å². The Bertz CT molecular complexity index is 457. The molecule has 1 aliphatic heterocycles. The molecule has 1 aromatic rings. The van der Waals surface area contributed by atoms with E-state index in [1.807, 2.05) is 12.1 Å². The zero-order chi connectivity index (χ0) is 15.9. The number of carbonyl (C=O) groups is 1. The molecule has 0 bridgehead atoms. The van der Waals surface area contributed by atoms with E-state index in [0.29, 0.717) is 0 Å². The van der Waals surface area contributed by atoms with Gasteiger partial charge in [-0.25, -0.2) is 0 Å². The van der Waals surface area contributed by atoms with Gasteiger partial charge >= 0.3 is 0 Å². The third-order valence-corrected chi connectivity index (χ3v) is 4.82. The fraction of sp³-hybridized carbons (Fsp3) is 0.632. The number of rotatable bonds is 6. The maximum Gasteiger partial charge on any atom is 0.251 e. The number of amides is 1. The van der Waals surface area contributed by atoms with E-state index in [0.717, 1.165) is 30.9 Å². The Labute approximate surface area is 135 Å². The Morgan fingerprint density at radius 1 is 1.18 bits per heavy atom. The van der Waals surface area contributed by atoms with Gasteiger partial charge in [0, 0.05) is 18.2 Å². The second kappa shape index (κ2) is 8.33. The van der Waals surface area contributed by atoms with Crippen LogP contribution in [0.25, 0.3) is 0 Å². The standard InChI is InChI=1S/C19H30N2O/c1-4-18(5-2)20-19(22)17-8-6-16(7-9-17)14-21-12-10-15(3)11-13-21/h6-9,15,18H,4-5,10-14H2,1-3H3,(H,20,22). The predicted octanol–water partition coefficient (Wildman–Crippen LogP) is 3.84. The number of nitrogens with zero attached hydrogens (tertiary/aromatic N) is 1. The third-order valence-electron chi connectivity index (χ3n) is 4.82. The quantitative estimate of drug-likeness (QED) is 0.866. The van der Waals surface area contributed by atoms with Crippen molar-refractivity contribution in [2.75, 3.05) is 13.1 Å². The van der Waals surface area contributed by atoms with E-state index in [9.17, 15) is 4.79 Å². The van der Waals surface area contributed by atoms with Gasteiger partial charge in [0.15, 0.2) is 0 Å². The molecule has 0 aliphatic carbocycles. The Morgan fingerprint density at radius 2 is 1.77 bits per heavy atom. The normalized spacial score (nSPS) is 16.9. The summed E-state index contributed by atoms with van der Waals surface area (Å²) in [6.45, 7) is 9.94. The van der Waals surface area contributed by atoms with Crippen molar-refractivity contribution in [3.05, 3.63) is 35.4 Å². The van der Waals surface area contributed by atoms with Crippen LogP contribution in [-0.4, -0.2) is 29.9 Å². The van der Waals surface area contributed by atoms with Crippen molar-refractivity contribution < 1.29 is 4.79 Å². The zero-order valence-electron chi connectivity index (χ0n) is 14.3. The van der Waals surface area contributed by atoms with Gasteiger partial charge in [-0.15, -0.1) is 0 Å². The lowest BCUT2D eigenvalue weighted by atomic mass is 9.99. The molecule has 3 nitrogen and oxygen atoms in total. The average Bonchev–Trinajstić information content (AvgIpc) is 2.55. The van der Waals surface area contributed by atoms with Crippen LogP contribution in [0.3, 0.4) is 0 Å². The summed E-state index contributed by atoms with van der Waals surface area (Å²) >= 11 is 0. The lowest BCUT2D eigenvalue weighted by Crippen LogP contribution is -2.34. The molecule has 1 amide bonds. The number of piperidine rings is 1. The van der Waals surface area contributed by atoms with Gasteiger partial charge in [0.2, 0.25) is 0 Å². The fourth-order valence-electron chi connectivity index (χ4n) is 3.00. The van der Waals surface area contributed by atoms with Gasteiger partial charge in [0.25, 0.3) is 5.91 Å². The number of benzene rings is 1. The lowest BCUT2D eigenvalue weighted by molar-refractivity contribution is 0.0935. The van der Waals surface area contributed by atoms with E-state index >= 15 is 0 Å². The number of nitrogens with one attached hydrogen (secondary N) is 1. The first kappa shape index (κ1) is 17.0. The SMILES string of the molecule is CCC(CC)NC(=O)c1ccc(CN2CCC(C)CC2)cc1. The lowest BCUT2D eigenvalue weighted by Gasteiger charge is -2.30. The van der Waals surface area contributed by atoms with Crippen LogP contribution in [0.15, 0.2) is 24.3 Å². The second-order valence-electron chi connectivity index (χ2n) is 6.64. The molecule has 1 N–H and O–H groups in total. The van der Waals surface area contributed by atoms with Gasteiger partial charge in [-0.05, 0) is 62.4 Å². The average molecular weight is 302 g/mol. The smallest absolute Gasteiger partial charge is 0.251 e. The summed E-state index contributed by atoms with van der Waals surface area (Å²) in [5.41, 5.74) is 2.07. The summed E-state index contributed by atoms with van der Waals surface area (Å²) in [7, 11) is 0. The van der Waals surface area contributed by atoms with E-state index in [1.54, 1.807) is 0 Å². The molecule has 1 aromatic carbocycles. The van der Waals surface area contributed by atoms with Crippen LogP contribution < -0.4 is 5.32 Å². The summed E-state index contributed by atoms with van der Waals surface area (Å²) in [6, 6.07) is 8.39. The molecule has 1 fully saturated rings. The molecule has 0 spiro atoms. The Morgan fingerprint density at radius 3 is 2.32 bits per heavy atom. The van der Waals surface area contributed by atoms with Crippen LogP contribution in [0.5, 0.6) is 0 Å². The molecule has 0 radical (unpaired) electrons. The van der Waals surface area contributed by atoms with Gasteiger partial charge < -0.3 is 5.32 Å². The van der Waals surface area contributed by atoms with Crippen molar-refractivity contribution in [2.45, 2.75) is 59.0 Å². The molecule has 3 heteroatoms. The number of hydrogen-bond acceptors (Lipinski definition) is 2. The van der Waals surface area contributed by atoms with Crippen LogP contribution >= 0.6 is 0 Å². The van der Waals surface area contributed by atoms with Crippen LogP contribution in [0, 0.1) is 5.92 Å². The third kappa shape index (κ3) is 4.84. The highest BCUT2D eigenvalue weighted by Crippen LogP contribution is 2.18. The maximum absolute atomic E-state index is 12.2. The van der Waals surface area contributed by atoms with Crippen molar-refractivity contribution in [1.82, 2.24) is 10.2 Å². The zero-order valence-corrected chi connectivity index (χ0v) is 14.3. The van der Waals surface area contributed by atoms with Crippen molar-refractivity contribution in [1.29, 1.82) is 0 Å². The molecule has 1 saturated heterocycles. The van der Waals surface area contributed by atoms with Crippen LogP contribution in [0.1, 0.15) is 62.4 Å². The minimum absolute atomic E-state index is 0.0482. The minimum Gasteiger partial charge on any atom is -0.349 e. The highest BCUT2D eigenvalue weighted by molar-refractivity contribution is 5.94. The largest absolute Gasteiger partial charge is 0.349 e. The van der Waals surface area contributed by atoms with Crippen molar-refractivity contribution in [3.8, 4) is 0 Å². The van der Waals surface area contributed by atoms with Gasteiger partial charge in [-0.3, -0.25) is 9.69 Å². The maximum atomic E-state index is 12.2. The first-order chi connectivity index (χ1) is 10.6. The fourth-order valence-corrected chi connectivity index (χ4v) is 3.00. The summed E-state index contributed by atoms with van der Waals surface area (Å²) in [5.74, 6) is 0.916. The first-order valence-electron chi connectivity index (χ1n) is 8.74. The monoisotopic (exact) mass is 302 g/mol. The number of likely N-dealkylation sites (tertiary alicyclic amines) is 1. The summed E-state index contributed by atoms with van der Waals surface area (Å²) < 4.78 is 0. The van der Waals surface area contributed by atoms with E-state index in [1.165, 1.54) is 31.5 Å². The molecule has 1 heterocycles. The Balaban J connectivity index is 1.88. The van der Waals surface area contributed by atoms with E-state index in [2.05, 4.69) is 43.1 Å². The van der Waals surface area contributed by atoms with Gasteiger partial charge in [-0.1, -0.05) is 32.9 Å². The molecule has 122 valence electrons. The highest BCUT2D eigenvalue weighted by Gasteiger charge is 2.16. The second-order valence-corrected chi connectivity index (χ2v) is 6.64. The van der Waals surface area contributed by atoms with Crippen molar-refractivity contribution in [3.63, 3.8) is 0 Å². The minimum atomic E-state index is 0.0482. The first-order valence-corrected chi connectivity index (χ1v) is 8.74. The summed E-state index contributed by atoms with van der Waals surface area (Å²) in [5, 5.41) is 3.09. The van der Waals surface area contributed by atoms with Crippen LogP contribution in [0.4, 0.5) is 0 Å². The van der Waals surface area contributed by atoms with Crippen LogP contribution in [0.2, 0.25) is 0 Å². The Kier molecular flexibility index (Phi) is 6.44. The molecule has 0 atom stereocenters. The van der Waals surface area contributed by atoms with Gasteiger partial charge in [0.1, 0.15) is 0 Å². The molecule has 0 aromatic heterocycles. The molecule has 0 unspecified atom stereocenters.